The van der Waals surface area contributed by atoms with Gasteiger partial charge in [-0.1, -0.05) is 0 Å². The Morgan fingerprint density at radius 2 is 2.50 bits per heavy atom. The fraction of sp³-hybridized carbons (Fsp3) is 0.500. The Bertz CT molecular complexity index is 267. The zero-order valence-electron chi connectivity index (χ0n) is 8.19. The maximum absolute atomic E-state index is 11.3. The predicted octanol–water partition coefficient (Wildman–Crippen LogP) is 1.17. The summed E-state index contributed by atoms with van der Waals surface area (Å²) in [5.74, 6) is 0.114. The molecule has 0 radical (unpaired) electrons. The van der Waals surface area contributed by atoms with Crippen LogP contribution >= 0.6 is 0 Å². The second-order valence-electron chi connectivity index (χ2n) is 3.22. The minimum Gasteiger partial charge on any atom is -0.459 e. The highest BCUT2D eigenvalue weighted by atomic mass is 16.3. The van der Waals surface area contributed by atoms with Crippen molar-refractivity contribution >= 4 is 5.91 Å². The summed E-state index contributed by atoms with van der Waals surface area (Å²) in [6.45, 7) is 2.29. The molecule has 4 nitrogen and oxygen atoms in total. The number of carbonyl (C=O) groups excluding carboxylic acids is 1. The number of hydrogen-bond donors (Lipinski definition) is 2. The largest absolute Gasteiger partial charge is 0.459 e. The molecule has 1 atom stereocenters. The number of nitrogens with one attached hydrogen (secondary N) is 1. The van der Waals surface area contributed by atoms with Crippen LogP contribution in [0.3, 0.4) is 0 Å². The van der Waals surface area contributed by atoms with Gasteiger partial charge in [-0.3, -0.25) is 4.79 Å². The van der Waals surface area contributed by atoms with E-state index >= 15 is 0 Å². The summed E-state index contributed by atoms with van der Waals surface area (Å²) < 4.78 is 4.91. The fourth-order valence-electron chi connectivity index (χ4n) is 1.09. The third-order valence-corrected chi connectivity index (χ3v) is 1.83. The van der Waals surface area contributed by atoms with E-state index in [9.17, 15) is 4.79 Å². The summed E-state index contributed by atoms with van der Waals surface area (Å²) in [4.78, 5) is 11.3. The monoisotopic (exact) mass is 197 g/mol. The zero-order valence-corrected chi connectivity index (χ0v) is 8.19. The molecule has 0 fully saturated rings. The number of carbonyl (C=O) groups is 1. The average molecular weight is 197 g/mol. The molecule has 2 N–H and O–H groups in total. The van der Waals surface area contributed by atoms with Crippen molar-refractivity contribution in [3.8, 4) is 0 Å². The van der Waals surface area contributed by atoms with Crippen LogP contribution in [0.1, 0.15) is 30.3 Å². The minimum absolute atomic E-state index is 0.208. The second-order valence-corrected chi connectivity index (χ2v) is 3.22. The number of aliphatic hydroxyl groups excluding tert-OH is 1. The van der Waals surface area contributed by atoms with Crippen LogP contribution < -0.4 is 5.32 Å². The Morgan fingerprint density at radius 1 is 1.71 bits per heavy atom. The molecule has 1 amide bonds. The molecule has 14 heavy (non-hydrogen) atoms. The van der Waals surface area contributed by atoms with Crippen molar-refractivity contribution in [2.45, 2.75) is 25.9 Å². The molecule has 4 heteroatoms. The first-order valence-corrected chi connectivity index (χ1v) is 4.70. The zero-order chi connectivity index (χ0) is 10.4. The number of furan rings is 1. The first-order valence-electron chi connectivity index (χ1n) is 4.70. The minimum atomic E-state index is -0.310. The SMILES string of the molecule is CC(O)CCCNC(=O)c1ccco1. The van der Waals surface area contributed by atoms with E-state index in [1.54, 1.807) is 19.1 Å². The van der Waals surface area contributed by atoms with Crippen LogP contribution in [0.25, 0.3) is 0 Å². The lowest BCUT2D eigenvalue weighted by atomic mass is 10.2. The maximum atomic E-state index is 11.3. The van der Waals surface area contributed by atoms with Crippen LogP contribution in [0.5, 0.6) is 0 Å². The second kappa shape index (κ2) is 5.44. The molecule has 0 spiro atoms. The third-order valence-electron chi connectivity index (χ3n) is 1.83. The van der Waals surface area contributed by atoms with Crippen molar-refractivity contribution in [2.75, 3.05) is 6.54 Å². The molecule has 1 rings (SSSR count). The number of rotatable bonds is 5. The Hall–Kier alpha value is -1.29. The summed E-state index contributed by atoms with van der Waals surface area (Å²) in [5.41, 5.74) is 0. The van der Waals surface area contributed by atoms with Gasteiger partial charge >= 0.3 is 0 Å². The van der Waals surface area contributed by atoms with Gasteiger partial charge in [-0.25, -0.2) is 0 Å². The van der Waals surface area contributed by atoms with Gasteiger partial charge in [0.1, 0.15) is 0 Å². The van der Waals surface area contributed by atoms with Crippen LogP contribution in [-0.4, -0.2) is 23.7 Å². The van der Waals surface area contributed by atoms with Crippen LogP contribution in [0.2, 0.25) is 0 Å². The molecular weight excluding hydrogens is 182 g/mol. The Labute approximate surface area is 82.9 Å². The van der Waals surface area contributed by atoms with Crippen LogP contribution in [0.4, 0.5) is 0 Å². The highest BCUT2D eigenvalue weighted by Gasteiger charge is 2.06. The van der Waals surface area contributed by atoms with Crippen molar-refractivity contribution in [1.29, 1.82) is 0 Å². The Kier molecular flexibility index (Phi) is 4.19. The normalized spacial score (nSPS) is 12.4. The molecule has 0 bridgehead atoms. The summed E-state index contributed by atoms with van der Waals surface area (Å²) in [5, 5.41) is 11.7. The maximum Gasteiger partial charge on any atom is 0.286 e. The van der Waals surface area contributed by atoms with Crippen molar-refractivity contribution < 1.29 is 14.3 Å². The summed E-state index contributed by atoms with van der Waals surface area (Å²) in [6.07, 6.45) is 2.61. The topological polar surface area (TPSA) is 62.5 Å². The molecule has 1 aromatic heterocycles. The van der Waals surface area contributed by atoms with E-state index in [-0.39, 0.29) is 12.0 Å². The molecule has 0 aliphatic rings. The molecule has 0 saturated heterocycles. The van der Waals surface area contributed by atoms with Gasteiger partial charge in [0.2, 0.25) is 0 Å². The molecular formula is C10H15NO3. The smallest absolute Gasteiger partial charge is 0.286 e. The molecule has 1 unspecified atom stereocenters. The van der Waals surface area contributed by atoms with Gasteiger partial charge in [0.25, 0.3) is 5.91 Å². The lowest BCUT2D eigenvalue weighted by molar-refractivity contribution is 0.0922. The first-order chi connectivity index (χ1) is 6.70. The summed E-state index contributed by atoms with van der Waals surface area (Å²) >= 11 is 0. The fourth-order valence-corrected chi connectivity index (χ4v) is 1.09. The van der Waals surface area contributed by atoms with Gasteiger partial charge in [0.15, 0.2) is 5.76 Å². The molecule has 78 valence electrons. The van der Waals surface area contributed by atoms with Crippen LogP contribution in [0.15, 0.2) is 22.8 Å². The summed E-state index contributed by atoms with van der Waals surface area (Å²) in [7, 11) is 0. The first kappa shape index (κ1) is 10.8. The van der Waals surface area contributed by atoms with E-state index in [1.165, 1.54) is 6.26 Å². The van der Waals surface area contributed by atoms with E-state index in [2.05, 4.69) is 5.32 Å². The highest BCUT2D eigenvalue weighted by Crippen LogP contribution is 1.99. The van der Waals surface area contributed by atoms with Crippen LogP contribution in [0, 0.1) is 0 Å². The van der Waals surface area contributed by atoms with Gasteiger partial charge in [-0.2, -0.15) is 0 Å². The predicted molar refractivity (Wildman–Crippen MR) is 52.0 cm³/mol. The Morgan fingerprint density at radius 3 is 3.07 bits per heavy atom. The number of amides is 1. The van der Waals surface area contributed by atoms with E-state index < -0.39 is 0 Å². The molecule has 0 aromatic carbocycles. The molecule has 0 saturated carbocycles. The van der Waals surface area contributed by atoms with Gasteiger partial charge < -0.3 is 14.8 Å². The van der Waals surface area contributed by atoms with Crippen molar-refractivity contribution in [3.63, 3.8) is 0 Å². The molecule has 0 aliphatic carbocycles. The van der Waals surface area contributed by atoms with E-state index in [0.717, 1.165) is 6.42 Å². The Balaban J connectivity index is 2.16. The van der Waals surface area contributed by atoms with E-state index in [0.29, 0.717) is 18.7 Å². The van der Waals surface area contributed by atoms with Crippen molar-refractivity contribution in [3.05, 3.63) is 24.2 Å². The van der Waals surface area contributed by atoms with Crippen molar-refractivity contribution in [1.82, 2.24) is 5.32 Å². The number of aliphatic hydroxyl groups is 1. The lowest BCUT2D eigenvalue weighted by Gasteiger charge is -2.04. The van der Waals surface area contributed by atoms with Gasteiger partial charge in [0.05, 0.1) is 12.4 Å². The highest BCUT2D eigenvalue weighted by molar-refractivity contribution is 5.91. The molecule has 1 heterocycles. The number of hydrogen-bond acceptors (Lipinski definition) is 3. The molecule has 1 aromatic rings. The van der Waals surface area contributed by atoms with Crippen LogP contribution in [-0.2, 0) is 0 Å². The quantitative estimate of drug-likeness (QED) is 0.696. The average Bonchev–Trinajstić information content (AvgIpc) is 2.64. The van der Waals surface area contributed by atoms with Gasteiger partial charge in [0, 0.05) is 6.54 Å². The summed E-state index contributed by atoms with van der Waals surface area (Å²) in [6, 6.07) is 3.29. The van der Waals surface area contributed by atoms with Gasteiger partial charge in [-0.15, -0.1) is 0 Å². The molecule has 0 aliphatic heterocycles. The standard InChI is InChI=1S/C10H15NO3/c1-8(12)4-2-6-11-10(13)9-5-3-7-14-9/h3,5,7-8,12H,2,4,6H2,1H3,(H,11,13). The van der Waals surface area contributed by atoms with Gasteiger partial charge in [-0.05, 0) is 31.9 Å². The lowest BCUT2D eigenvalue weighted by Crippen LogP contribution is -2.24. The third kappa shape index (κ3) is 3.62. The van der Waals surface area contributed by atoms with E-state index in [4.69, 9.17) is 9.52 Å². The van der Waals surface area contributed by atoms with E-state index in [1.807, 2.05) is 0 Å². The van der Waals surface area contributed by atoms with Crippen molar-refractivity contribution in [2.24, 2.45) is 0 Å².